The van der Waals surface area contributed by atoms with Crippen LogP contribution in [0.4, 0.5) is 0 Å². The second-order valence-electron chi connectivity index (χ2n) is 7.10. The number of pyridine rings is 2. The molecule has 6 heteroatoms. The lowest BCUT2D eigenvalue weighted by molar-refractivity contribution is 0.0728. The van der Waals surface area contributed by atoms with Crippen molar-refractivity contribution >= 4 is 16.8 Å². The Bertz CT molecular complexity index is 1150. The first-order valence-electron chi connectivity index (χ1n) is 9.64. The molecule has 1 aromatic carbocycles. The number of fused-ring (bicyclic) bond motifs is 1. The van der Waals surface area contributed by atoms with E-state index in [9.17, 15) is 4.79 Å². The van der Waals surface area contributed by atoms with Crippen LogP contribution in [0, 0.1) is 0 Å². The van der Waals surface area contributed by atoms with Crippen molar-refractivity contribution in [1.29, 1.82) is 0 Å². The molecule has 0 aliphatic rings. The molecule has 0 spiro atoms. The molecule has 0 bridgehead atoms. The number of carbonyl (C=O) groups is 1. The van der Waals surface area contributed by atoms with Crippen molar-refractivity contribution in [3.8, 4) is 11.3 Å². The lowest BCUT2D eigenvalue weighted by Crippen LogP contribution is -2.31. The van der Waals surface area contributed by atoms with E-state index in [2.05, 4.69) is 17.0 Å². The Kier molecular flexibility index (Phi) is 5.08. The highest BCUT2D eigenvalue weighted by molar-refractivity contribution is 6.07. The van der Waals surface area contributed by atoms with Crippen molar-refractivity contribution in [2.45, 2.75) is 19.4 Å². The van der Waals surface area contributed by atoms with Gasteiger partial charge in [0.1, 0.15) is 0 Å². The minimum absolute atomic E-state index is 0.0376. The zero-order valence-electron chi connectivity index (χ0n) is 16.8. The van der Waals surface area contributed by atoms with E-state index < -0.39 is 0 Å². The topological polar surface area (TPSA) is 63.9 Å². The van der Waals surface area contributed by atoms with Gasteiger partial charge in [-0.15, -0.1) is 0 Å². The summed E-state index contributed by atoms with van der Waals surface area (Å²) in [5.41, 5.74) is 4.08. The van der Waals surface area contributed by atoms with Crippen LogP contribution in [0.3, 0.4) is 0 Å². The average Bonchev–Trinajstić information content (AvgIpc) is 3.20. The second kappa shape index (κ2) is 7.83. The minimum Gasteiger partial charge on any atom is -0.335 e. The lowest BCUT2D eigenvalue weighted by atomic mass is 10.0. The third-order valence-corrected chi connectivity index (χ3v) is 5.19. The zero-order valence-corrected chi connectivity index (χ0v) is 16.8. The molecule has 0 saturated heterocycles. The van der Waals surface area contributed by atoms with E-state index in [1.165, 1.54) is 0 Å². The normalized spacial score (nSPS) is 12.1. The van der Waals surface area contributed by atoms with Crippen LogP contribution in [-0.2, 0) is 7.05 Å². The SMILES string of the molecule is CC[C@H](c1cccnc1)N(C)C(=O)c1cc(-c2cnn(C)c2)nc2ccccc12. The monoisotopic (exact) mass is 385 g/mol. The molecule has 29 heavy (non-hydrogen) atoms. The summed E-state index contributed by atoms with van der Waals surface area (Å²) in [5, 5.41) is 5.08. The summed E-state index contributed by atoms with van der Waals surface area (Å²) in [7, 11) is 3.71. The van der Waals surface area contributed by atoms with Crippen LogP contribution < -0.4 is 0 Å². The molecule has 0 aliphatic heterocycles. The minimum atomic E-state index is -0.0510. The molecule has 146 valence electrons. The first kappa shape index (κ1) is 18.8. The van der Waals surface area contributed by atoms with E-state index >= 15 is 0 Å². The first-order chi connectivity index (χ1) is 14.1. The molecule has 4 aromatic rings. The number of nitrogens with zero attached hydrogens (tertiary/aromatic N) is 5. The van der Waals surface area contributed by atoms with Gasteiger partial charge in [-0.05, 0) is 30.2 Å². The predicted octanol–water partition coefficient (Wildman–Crippen LogP) is 4.25. The van der Waals surface area contributed by atoms with E-state index in [1.54, 1.807) is 22.0 Å². The van der Waals surface area contributed by atoms with Crippen LogP contribution in [0.1, 0.15) is 35.3 Å². The highest BCUT2D eigenvalue weighted by atomic mass is 16.2. The third kappa shape index (κ3) is 3.61. The van der Waals surface area contributed by atoms with Gasteiger partial charge in [-0.2, -0.15) is 5.10 Å². The van der Waals surface area contributed by atoms with Crippen molar-refractivity contribution in [3.05, 3.63) is 78.4 Å². The number of aromatic nitrogens is 4. The van der Waals surface area contributed by atoms with Gasteiger partial charge in [-0.1, -0.05) is 31.2 Å². The Balaban J connectivity index is 1.80. The number of rotatable bonds is 5. The summed E-state index contributed by atoms with van der Waals surface area (Å²) in [6.07, 6.45) is 8.03. The maximum atomic E-state index is 13.6. The maximum absolute atomic E-state index is 13.6. The Labute approximate surface area is 169 Å². The van der Waals surface area contributed by atoms with Gasteiger partial charge in [0, 0.05) is 43.6 Å². The molecule has 0 N–H and O–H groups in total. The fourth-order valence-corrected chi connectivity index (χ4v) is 3.69. The summed E-state index contributed by atoms with van der Waals surface area (Å²) in [5.74, 6) is -0.0376. The molecule has 0 saturated carbocycles. The summed E-state index contributed by atoms with van der Waals surface area (Å²) in [4.78, 5) is 24.3. The molecule has 6 nitrogen and oxygen atoms in total. The largest absolute Gasteiger partial charge is 0.335 e. The second-order valence-corrected chi connectivity index (χ2v) is 7.10. The molecule has 1 atom stereocenters. The molecular weight excluding hydrogens is 362 g/mol. The highest BCUT2D eigenvalue weighted by Gasteiger charge is 2.24. The summed E-state index contributed by atoms with van der Waals surface area (Å²) < 4.78 is 1.73. The van der Waals surface area contributed by atoms with E-state index in [4.69, 9.17) is 4.98 Å². The first-order valence-corrected chi connectivity index (χ1v) is 9.64. The van der Waals surface area contributed by atoms with Gasteiger partial charge < -0.3 is 4.90 Å². The van der Waals surface area contributed by atoms with Gasteiger partial charge in [-0.3, -0.25) is 14.5 Å². The Morgan fingerprint density at radius 1 is 1.17 bits per heavy atom. The van der Waals surface area contributed by atoms with Gasteiger partial charge in [-0.25, -0.2) is 4.98 Å². The van der Waals surface area contributed by atoms with Crippen LogP contribution in [-0.4, -0.2) is 37.6 Å². The number of benzene rings is 1. The lowest BCUT2D eigenvalue weighted by Gasteiger charge is -2.28. The van der Waals surface area contributed by atoms with E-state index in [1.807, 2.05) is 69.0 Å². The molecule has 0 fully saturated rings. The van der Waals surface area contributed by atoms with E-state index in [0.29, 0.717) is 5.56 Å². The van der Waals surface area contributed by atoms with E-state index in [-0.39, 0.29) is 11.9 Å². The highest BCUT2D eigenvalue weighted by Crippen LogP contribution is 2.29. The predicted molar refractivity (Wildman–Crippen MR) is 113 cm³/mol. The van der Waals surface area contributed by atoms with Gasteiger partial charge in [0.15, 0.2) is 0 Å². The van der Waals surface area contributed by atoms with Crippen molar-refractivity contribution in [3.63, 3.8) is 0 Å². The summed E-state index contributed by atoms with van der Waals surface area (Å²) in [6.45, 7) is 2.08. The number of hydrogen-bond acceptors (Lipinski definition) is 4. The van der Waals surface area contributed by atoms with Gasteiger partial charge in [0.25, 0.3) is 5.91 Å². The number of para-hydroxylation sites is 1. The number of carbonyl (C=O) groups excluding carboxylic acids is 1. The Morgan fingerprint density at radius 2 is 2.00 bits per heavy atom. The number of aryl methyl sites for hydroxylation is 1. The van der Waals surface area contributed by atoms with Gasteiger partial charge in [0.05, 0.1) is 29.0 Å². The smallest absolute Gasteiger partial charge is 0.254 e. The molecular formula is C23H23N5O. The Hall–Kier alpha value is -3.54. The molecule has 1 amide bonds. The standard InChI is InChI=1S/C23H23N5O/c1-4-22(16-8-7-11-24-13-16)28(3)23(29)19-12-21(17-14-25-27(2)15-17)26-20-10-6-5-9-18(19)20/h5-15,22H,4H2,1-3H3/t22-/m1/s1. The third-order valence-electron chi connectivity index (χ3n) is 5.19. The van der Waals surface area contributed by atoms with Crippen molar-refractivity contribution in [2.75, 3.05) is 7.05 Å². The van der Waals surface area contributed by atoms with Crippen molar-refractivity contribution < 1.29 is 4.79 Å². The van der Waals surface area contributed by atoms with Crippen LogP contribution in [0.25, 0.3) is 22.2 Å². The van der Waals surface area contributed by atoms with Crippen LogP contribution in [0.2, 0.25) is 0 Å². The summed E-state index contributed by atoms with van der Waals surface area (Å²) in [6, 6.07) is 13.5. The molecule has 0 radical (unpaired) electrons. The molecule has 3 aromatic heterocycles. The maximum Gasteiger partial charge on any atom is 0.254 e. The van der Waals surface area contributed by atoms with Crippen LogP contribution >= 0.6 is 0 Å². The number of hydrogen-bond donors (Lipinski definition) is 0. The number of amides is 1. The van der Waals surface area contributed by atoms with Crippen molar-refractivity contribution in [2.24, 2.45) is 7.05 Å². The molecule has 0 unspecified atom stereocenters. The fourth-order valence-electron chi connectivity index (χ4n) is 3.69. The van der Waals surface area contributed by atoms with Crippen molar-refractivity contribution in [1.82, 2.24) is 24.6 Å². The quantitative estimate of drug-likeness (QED) is 0.515. The zero-order chi connectivity index (χ0) is 20.4. The summed E-state index contributed by atoms with van der Waals surface area (Å²) >= 11 is 0. The molecule has 3 heterocycles. The fraction of sp³-hybridized carbons (Fsp3) is 0.217. The average molecular weight is 385 g/mol. The van der Waals surface area contributed by atoms with Gasteiger partial charge in [0.2, 0.25) is 0 Å². The molecule has 4 rings (SSSR count). The van der Waals surface area contributed by atoms with Crippen LogP contribution in [0.15, 0.2) is 67.3 Å². The molecule has 0 aliphatic carbocycles. The van der Waals surface area contributed by atoms with E-state index in [0.717, 1.165) is 34.1 Å². The van der Waals surface area contributed by atoms with Gasteiger partial charge >= 0.3 is 0 Å². The Morgan fingerprint density at radius 3 is 2.69 bits per heavy atom. The van der Waals surface area contributed by atoms with Crippen LogP contribution in [0.5, 0.6) is 0 Å².